The molecule has 0 spiro atoms. The molecule has 1 aliphatic heterocycles. The highest BCUT2D eigenvalue weighted by atomic mass is 32.1. The summed E-state index contributed by atoms with van der Waals surface area (Å²) >= 11 is 4.41. The number of hydrogen-bond acceptors (Lipinski definition) is 7. The van der Waals surface area contributed by atoms with Crippen molar-refractivity contribution in [2.75, 3.05) is 11.4 Å². The highest BCUT2D eigenvalue weighted by molar-refractivity contribution is 7.81. The fourth-order valence-electron chi connectivity index (χ4n) is 5.12. The summed E-state index contributed by atoms with van der Waals surface area (Å²) in [7, 11) is 1.77. The summed E-state index contributed by atoms with van der Waals surface area (Å²) in [6, 6.07) is 6.50. The number of benzene rings is 1. The third kappa shape index (κ3) is 8.02. The number of hydrogen-bond donors (Lipinski definition) is 1. The lowest BCUT2D eigenvalue weighted by Crippen LogP contribution is -2.48. The summed E-state index contributed by atoms with van der Waals surface area (Å²) in [6.07, 6.45) is 4.23. The molecule has 2 aromatic rings. The number of aromatic nitrogens is 2. The first-order chi connectivity index (χ1) is 18.2. The Bertz CT molecular complexity index is 1160. The van der Waals surface area contributed by atoms with Crippen LogP contribution in [-0.4, -0.2) is 57.9 Å². The van der Waals surface area contributed by atoms with Crippen molar-refractivity contribution in [3.05, 3.63) is 47.4 Å². The third-order valence-corrected chi connectivity index (χ3v) is 6.76. The molecular weight excluding hydrogens is 515 g/mol. The zero-order valence-corrected chi connectivity index (χ0v) is 25.5. The maximum absolute atomic E-state index is 13.7. The van der Waals surface area contributed by atoms with Gasteiger partial charge in [0, 0.05) is 36.7 Å². The van der Waals surface area contributed by atoms with E-state index in [0.29, 0.717) is 18.1 Å². The van der Waals surface area contributed by atoms with Gasteiger partial charge in [0.25, 0.3) is 0 Å². The highest BCUT2D eigenvalue weighted by Crippen LogP contribution is 2.34. The highest BCUT2D eigenvalue weighted by Gasteiger charge is 2.36. The molecule has 214 valence electrons. The van der Waals surface area contributed by atoms with Crippen LogP contribution in [0.3, 0.4) is 0 Å². The van der Waals surface area contributed by atoms with E-state index >= 15 is 0 Å². The molecule has 1 aromatic carbocycles. The van der Waals surface area contributed by atoms with Gasteiger partial charge in [0.2, 0.25) is 11.9 Å². The first-order valence-corrected chi connectivity index (χ1v) is 14.0. The summed E-state index contributed by atoms with van der Waals surface area (Å²) in [5.74, 6) is -0.540. The molecule has 3 rings (SSSR count). The molecule has 0 radical (unpaired) electrons. The number of halogens is 1. The Balaban J connectivity index is 1.97. The summed E-state index contributed by atoms with van der Waals surface area (Å²) < 4.78 is 27.7. The molecule has 1 saturated heterocycles. The average molecular weight is 559 g/mol. The van der Waals surface area contributed by atoms with E-state index in [1.165, 1.54) is 12.1 Å². The number of carbonyl (C=O) groups excluding carboxylic acids is 1. The molecule has 1 fully saturated rings. The van der Waals surface area contributed by atoms with Gasteiger partial charge in [-0.25, -0.2) is 14.4 Å². The SMILES string of the molecule is CC(C)c1nc(N(C)S)nc(-c2ccc(F)cc2)c1/C=C/[C@@H]1C[C@H](CC(=O)N(C(C)C)C(C)C)OC(C)(C)O1. The van der Waals surface area contributed by atoms with Crippen molar-refractivity contribution < 1.29 is 18.7 Å². The lowest BCUT2D eigenvalue weighted by Gasteiger charge is -2.41. The molecular formula is C30H43FN4O3S. The molecule has 0 unspecified atom stereocenters. The first-order valence-electron chi connectivity index (χ1n) is 13.6. The van der Waals surface area contributed by atoms with Crippen LogP contribution in [0, 0.1) is 5.82 Å². The van der Waals surface area contributed by atoms with E-state index in [1.54, 1.807) is 23.5 Å². The van der Waals surface area contributed by atoms with Crippen molar-refractivity contribution in [3.63, 3.8) is 0 Å². The Kier molecular flexibility index (Phi) is 10.2. The van der Waals surface area contributed by atoms with Gasteiger partial charge in [-0.05, 0) is 71.7 Å². The van der Waals surface area contributed by atoms with Crippen LogP contribution in [0.2, 0.25) is 0 Å². The van der Waals surface area contributed by atoms with E-state index in [-0.39, 0.29) is 48.4 Å². The quantitative estimate of drug-likeness (QED) is 0.348. The van der Waals surface area contributed by atoms with E-state index in [2.05, 4.69) is 26.7 Å². The predicted octanol–water partition coefficient (Wildman–Crippen LogP) is 6.65. The monoisotopic (exact) mass is 558 g/mol. The summed E-state index contributed by atoms with van der Waals surface area (Å²) in [5.41, 5.74) is 3.14. The average Bonchev–Trinajstić information content (AvgIpc) is 2.81. The van der Waals surface area contributed by atoms with Crippen LogP contribution in [0.5, 0.6) is 0 Å². The van der Waals surface area contributed by atoms with Crippen molar-refractivity contribution in [2.45, 2.75) is 104 Å². The van der Waals surface area contributed by atoms with Gasteiger partial charge in [-0.2, -0.15) is 0 Å². The topological polar surface area (TPSA) is 67.8 Å². The van der Waals surface area contributed by atoms with Crippen molar-refractivity contribution in [3.8, 4) is 11.3 Å². The Hall–Kier alpha value is -2.49. The smallest absolute Gasteiger partial charge is 0.235 e. The lowest BCUT2D eigenvalue weighted by atomic mass is 9.96. The van der Waals surface area contributed by atoms with Crippen molar-refractivity contribution in [2.24, 2.45) is 0 Å². The fourth-order valence-corrected chi connectivity index (χ4v) is 5.21. The molecule has 1 aromatic heterocycles. The molecule has 1 amide bonds. The summed E-state index contributed by atoms with van der Waals surface area (Å²) in [5, 5.41) is 0. The zero-order valence-electron chi connectivity index (χ0n) is 24.6. The maximum Gasteiger partial charge on any atom is 0.235 e. The first kappa shape index (κ1) is 31.0. The minimum atomic E-state index is -0.853. The molecule has 2 heterocycles. The van der Waals surface area contributed by atoms with Crippen molar-refractivity contribution in [1.82, 2.24) is 14.9 Å². The van der Waals surface area contributed by atoms with Crippen molar-refractivity contribution in [1.29, 1.82) is 0 Å². The second kappa shape index (κ2) is 12.8. The number of ether oxygens (including phenoxy) is 2. The van der Waals surface area contributed by atoms with Gasteiger partial charge in [0.1, 0.15) is 5.82 Å². The summed E-state index contributed by atoms with van der Waals surface area (Å²) in [6.45, 7) is 16.0. The van der Waals surface area contributed by atoms with Crippen LogP contribution >= 0.6 is 12.8 Å². The number of rotatable bonds is 9. The largest absolute Gasteiger partial charge is 0.347 e. The zero-order chi connectivity index (χ0) is 29.1. The molecule has 7 nitrogen and oxygen atoms in total. The molecule has 0 aliphatic carbocycles. The van der Waals surface area contributed by atoms with E-state index in [9.17, 15) is 9.18 Å². The third-order valence-electron chi connectivity index (χ3n) is 6.58. The van der Waals surface area contributed by atoms with Crippen LogP contribution in [0.15, 0.2) is 30.3 Å². The van der Waals surface area contributed by atoms with E-state index in [4.69, 9.17) is 19.4 Å². The van der Waals surface area contributed by atoms with Crippen LogP contribution in [0.25, 0.3) is 17.3 Å². The van der Waals surface area contributed by atoms with Gasteiger partial charge in [0.15, 0.2) is 5.79 Å². The number of anilines is 1. The minimum absolute atomic E-state index is 0.0750. The molecule has 9 heteroatoms. The molecule has 0 N–H and O–H groups in total. The van der Waals surface area contributed by atoms with Crippen LogP contribution in [0.1, 0.15) is 85.4 Å². The second-order valence-corrected chi connectivity index (χ2v) is 12.0. The molecule has 39 heavy (non-hydrogen) atoms. The number of thiol groups is 1. The molecule has 0 bridgehead atoms. The van der Waals surface area contributed by atoms with Gasteiger partial charge in [-0.15, -0.1) is 0 Å². The Morgan fingerprint density at radius 3 is 2.26 bits per heavy atom. The number of nitrogens with zero attached hydrogens (tertiary/aromatic N) is 4. The van der Waals surface area contributed by atoms with Gasteiger partial charge < -0.3 is 14.4 Å². The normalized spacial score (nSPS) is 19.3. The van der Waals surface area contributed by atoms with Crippen molar-refractivity contribution >= 4 is 30.7 Å². The molecule has 2 atom stereocenters. The van der Waals surface area contributed by atoms with E-state index < -0.39 is 5.79 Å². The number of carbonyl (C=O) groups is 1. The van der Waals surface area contributed by atoms with Gasteiger partial charge in [-0.3, -0.25) is 9.10 Å². The standard InChI is InChI=1S/C30H43FN4O3S/c1-18(2)27-25(28(33-29(32-27)34(9)39)21-10-12-22(31)13-11-21)15-14-23-16-24(38-30(7,8)37-23)17-26(36)35(19(3)4)20(5)6/h10-15,18-20,23-24,39H,16-17H2,1-9H3/b15-14+/t23-,24-/m1/s1. The molecule has 0 saturated carbocycles. The van der Waals surface area contributed by atoms with Crippen LogP contribution in [0.4, 0.5) is 10.3 Å². The van der Waals surface area contributed by atoms with Crippen LogP contribution in [-0.2, 0) is 14.3 Å². The Morgan fingerprint density at radius 2 is 1.72 bits per heavy atom. The fraction of sp³-hybridized carbons (Fsp3) is 0.567. The van der Waals surface area contributed by atoms with Gasteiger partial charge >= 0.3 is 0 Å². The minimum Gasteiger partial charge on any atom is -0.347 e. The van der Waals surface area contributed by atoms with E-state index in [0.717, 1.165) is 16.8 Å². The Morgan fingerprint density at radius 1 is 1.10 bits per heavy atom. The lowest BCUT2D eigenvalue weighted by molar-refractivity contribution is -0.290. The Labute approximate surface area is 238 Å². The van der Waals surface area contributed by atoms with Gasteiger partial charge in [0.05, 0.1) is 30.0 Å². The predicted molar refractivity (Wildman–Crippen MR) is 158 cm³/mol. The molecule has 1 aliphatic rings. The van der Waals surface area contributed by atoms with Gasteiger partial charge in [-0.1, -0.05) is 38.8 Å². The van der Waals surface area contributed by atoms with E-state index in [1.807, 2.05) is 58.6 Å². The number of amides is 1. The van der Waals surface area contributed by atoms with Crippen LogP contribution < -0.4 is 4.31 Å². The summed E-state index contributed by atoms with van der Waals surface area (Å²) in [4.78, 5) is 24.6. The maximum atomic E-state index is 13.7. The second-order valence-electron chi connectivity index (χ2n) is 11.4.